The van der Waals surface area contributed by atoms with Crippen molar-refractivity contribution in [3.8, 4) is 11.1 Å². The number of aliphatic hydroxyl groups excluding tert-OH is 1. The quantitative estimate of drug-likeness (QED) is 0.823. The topological polar surface area (TPSA) is 49.3 Å². The highest BCUT2D eigenvalue weighted by Gasteiger charge is 2.18. The molecule has 0 unspecified atom stereocenters. The maximum Gasteiger partial charge on any atom is 0.224 e. The second-order valence-corrected chi connectivity index (χ2v) is 6.65. The average molecular weight is 311 g/mol. The van der Waals surface area contributed by atoms with Gasteiger partial charge in [0.05, 0.1) is 6.42 Å². The predicted octanol–water partition coefficient (Wildman–Crippen LogP) is 3.42. The summed E-state index contributed by atoms with van der Waals surface area (Å²) < 4.78 is 0. The first-order valence-electron chi connectivity index (χ1n) is 8.02. The van der Waals surface area contributed by atoms with Crippen molar-refractivity contribution in [2.45, 2.75) is 26.7 Å². The van der Waals surface area contributed by atoms with Crippen molar-refractivity contribution in [2.75, 3.05) is 13.2 Å². The highest BCUT2D eigenvalue weighted by molar-refractivity contribution is 5.78. The lowest BCUT2D eigenvalue weighted by Crippen LogP contribution is -2.35. The molecule has 1 amide bonds. The van der Waals surface area contributed by atoms with Crippen molar-refractivity contribution < 1.29 is 9.90 Å². The summed E-state index contributed by atoms with van der Waals surface area (Å²) in [6.45, 7) is 4.80. The molecule has 0 bridgehead atoms. The molecule has 3 nitrogen and oxygen atoms in total. The van der Waals surface area contributed by atoms with E-state index in [0.29, 0.717) is 19.4 Å². The van der Waals surface area contributed by atoms with Gasteiger partial charge >= 0.3 is 0 Å². The van der Waals surface area contributed by atoms with Crippen LogP contribution in [0.4, 0.5) is 0 Å². The fourth-order valence-corrected chi connectivity index (χ4v) is 2.42. The van der Waals surface area contributed by atoms with Crippen molar-refractivity contribution in [3.05, 3.63) is 60.2 Å². The van der Waals surface area contributed by atoms with Gasteiger partial charge in [0, 0.05) is 13.2 Å². The third-order valence-corrected chi connectivity index (χ3v) is 3.98. The third-order valence-electron chi connectivity index (χ3n) is 3.98. The van der Waals surface area contributed by atoms with Crippen LogP contribution in [0.25, 0.3) is 11.1 Å². The standard InChI is InChI=1S/C20H25NO2/c1-20(2,12-13-22)15-21-19(23)14-16-8-10-18(11-9-16)17-6-4-3-5-7-17/h3-11,22H,12-15H2,1-2H3,(H,21,23). The van der Waals surface area contributed by atoms with Crippen molar-refractivity contribution in [2.24, 2.45) is 5.41 Å². The van der Waals surface area contributed by atoms with Gasteiger partial charge < -0.3 is 10.4 Å². The van der Waals surface area contributed by atoms with E-state index in [2.05, 4.69) is 17.4 Å². The molecule has 2 rings (SSSR count). The van der Waals surface area contributed by atoms with Gasteiger partial charge in [-0.3, -0.25) is 4.79 Å². The number of rotatable bonds is 7. The summed E-state index contributed by atoms with van der Waals surface area (Å²) in [5, 5.41) is 12.0. The van der Waals surface area contributed by atoms with Crippen LogP contribution in [0, 0.1) is 5.41 Å². The highest BCUT2D eigenvalue weighted by atomic mass is 16.3. The molecule has 0 heterocycles. The third kappa shape index (κ3) is 5.53. The Bertz CT molecular complexity index is 618. The SMILES string of the molecule is CC(C)(CCO)CNC(=O)Cc1ccc(-c2ccccc2)cc1. The molecule has 2 aromatic carbocycles. The second kappa shape index (κ2) is 7.93. The van der Waals surface area contributed by atoms with E-state index in [0.717, 1.165) is 11.1 Å². The Labute approximate surface area is 138 Å². The van der Waals surface area contributed by atoms with Crippen molar-refractivity contribution >= 4 is 5.91 Å². The first-order chi connectivity index (χ1) is 11.0. The average Bonchev–Trinajstić information content (AvgIpc) is 2.55. The zero-order valence-corrected chi connectivity index (χ0v) is 13.9. The van der Waals surface area contributed by atoms with Gasteiger partial charge in [-0.1, -0.05) is 68.4 Å². The van der Waals surface area contributed by atoms with E-state index in [1.54, 1.807) is 0 Å². The molecule has 2 N–H and O–H groups in total. The number of nitrogens with one attached hydrogen (secondary N) is 1. The molecule has 0 saturated carbocycles. The highest BCUT2D eigenvalue weighted by Crippen LogP contribution is 2.20. The Hall–Kier alpha value is -2.13. The van der Waals surface area contributed by atoms with E-state index in [9.17, 15) is 4.79 Å². The minimum absolute atomic E-state index is 0.0171. The van der Waals surface area contributed by atoms with Crippen LogP contribution in [0.2, 0.25) is 0 Å². The van der Waals surface area contributed by atoms with E-state index in [-0.39, 0.29) is 17.9 Å². The van der Waals surface area contributed by atoms with Gasteiger partial charge in [-0.15, -0.1) is 0 Å². The van der Waals surface area contributed by atoms with Crippen LogP contribution in [0.1, 0.15) is 25.8 Å². The number of benzene rings is 2. The number of amides is 1. The Balaban J connectivity index is 1.90. The van der Waals surface area contributed by atoms with E-state index >= 15 is 0 Å². The number of carbonyl (C=O) groups excluding carboxylic acids is 1. The molecule has 0 aromatic heterocycles. The van der Waals surface area contributed by atoms with Gasteiger partial charge in [0.1, 0.15) is 0 Å². The normalized spacial score (nSPS) is 11.3. The Morgan fingerprint density at radius 1 is 1.00 bits per heavy atom. The van der Waals surface area contributed by atoms with Crippen molar-refractivity contribution in [3.63, 3.8) is 0 Å². The van der Waals surface area contributed by atoms with E-state index in [1.165, 1.54) is 5.56 Å². The van der Waals surface area contributed by atoms with Gasteiger partial charge in [-0.2, -0.15) is 0 Å². The summed E-state index contributed by atoms with van der Waals surface area (Å²) in [5.41, 5.74) is 3.25. The monoisotopic (exact) mass is 311 g/mol. The number of hydrogen-bond acceptors (Lipinski definition) is 2. The Kier molecular flexibility index (Phi) is 5.94. The zero-order valence-electron chi connectivity index (χ0n) is 13.9. The summed E-state index contributed by atoms with van der Waals surface area (Å²) in [5.74, 6) is 0.0171. The number of aliphatic hydroxyl groups is 1. The van der Waals surface area contributed by atoms with Gasteiger partial charge in [0.25, 0.3) is 0 Å². The second-order valence-electron chi connectivity index (χ2n) is 6.65. The van der Waals surface area contributed by atoms with Crippen LogP contribution in [-0.2, 0) is 11.2 Å². The minimum Gasteiger partial charge on any atom is -0.396 e. The fraction of sp³-hybridized carbons (Fsp3) is 0.350. The van der Waals surface area contributed by atoms with Gasteiger partial charge in [-0.25, -0.2) is 0 Å². The smallest absolute Gasteiger partial charge is 0.224 e. The molecule has 0 saturated heterocycles. The first-order valence-corrected chi connectivity index (χ1v) is 8.02. The summed E-state index contributed by atoms with van der Waals surface area (Å²) in [6, 6.07) is 18.3. The molecule has 0 aliphatic rings. The molecular weight excluding hydrogens is 286 g/mol. The van der Waals surface area contributed by atoms with Crippen LogP contribution >= 0.6 is 0 Å². The molecule has 0 atom stereocenters. The van der Waals surface area contributed by atoms with Crippen LogP contribution in [0.3, 0.4) is 0 Å². The lowest BCUT2D eigenvalue weighted by molar-refractivity contribution is -0.120. The van der Waals surface area contributed by atoms with E-state index in [4.69, 9.17) is 5.11 Å². The van der Waals surface area contributed by atoms with Crippen LogP contribution in [0.15, 0.2) is 54.6 Å². The lowest BCUT2D eigenvalue weighted by atomic mass is 9.89. The van der Waals surface area contributed by atoms with Gasteiger partial charge in [-0.05, 0) is 28.5 Å². The van der Waals surface area contributed by atoms with Gasteiger partial charge in [0.15, 0.2) is 0 Å². The molecule has 0 aliphatic carbocycles. The van der Waals surface area contributed by atoms with Crippen LogP contribution < -0.4 is 5.32 Å². The molecule has 0 radical (unpaired) electrons. The molecule has 0 spiro atoms. The summed E-state index contributed by atoms with van der Waals surface area (Å²) >= 11 is 0. The fourth-order valence-electron chi connectivity index (χ4n) is 2.42. The van der Waals surface area contributed by atoms with Crippen LogP contribution in [-0.4, -0.2) is 24.2 Å². The summed E-state index contributed by atoms with van der Waals surface area (Å²) in [4.78, 5) is 12.0. The lowest BCUT2D eigenvalue weighted by Gasteiger charge is -2.23. The first kappa shape index (κ1) is 17.2. The maximum atomic E-state index is 12.0. The Morgan fingerprint density at radius 2 is 1.61 bits per heavy atom. The molecule has 0 aliphatic heterocycles. The molecule has 2 aromatic rings. The largest absolute Gasteiger partial charge is 0.396 e. The number of carbonyl (C=O) groups is 1. The Morgan fingerprint density at radius 3 is 2.22 bits per heavy atom. The molecule has 0 fully saturated rings. The summed E-state index contributed by atoms with van der Waals surface area (Å²) in [7, 11) is 0. The summed E-state index contributed by atoms with van der Waals surface area (Å²) in [6.07, 6.45) is 1.06. The molecule has 122 valence electrons. The van der Waals surface area contributed by atoms with Crippen LogP contribution in [0.5, 0.6) is 0 Å². The molecular formula is C20H25NO2. The van der Waals surface area contributed by atoms with Crippen molar-refractivity contribution in [1.82, 2.24) is 5.32 Å². The molecule has 3 heteroatoms. The van der Waals surface area contributed by atoms with Crippen molar-refractivity contribution in [1.29, 1.82) is 0 Å². The zero-order chi connectivity index (χ0) is 16.7. The predicted molar refractivity (Wildman–Crippen MR) is 94.1 cm³/mol. The van der Waals surface area contributed by atoms with E-state index < -0.39 is 0 Å². The minimum atomic E-state index is -0.0818. The maximum absolute atomic E-state index is 12.0. The van der Waals surface area contributed by atoms with E-state index in [1.807, 2.05) is 56.3 Å². The number of hydrogen-bond donors (Lipinski definition) is 2. The molecule has 23 heavy (non-hydrogen) atoms. The van der Waals surface area contributed by atoms with Gasteiger partial charge in [0.2, 0.25) is 5.91 Å².